The Labute approximate surface area is 96.8 Å². The molecule has 4 heteroatoms. The van der Waals surface area contributed by atoms with E-state index in [1.54, 1.807) is 19.2 Å². The van der Waals surface area contributed by atoms with Crippen molar-refractivity contribution in [3.8, 4) is 11.5 Å². The number of hydrogen-bond donors (Lipinski definition) is 2. The van der Waals surface area contributed by atoms with Crippen LogP contribution in [0.5, 0.6) is 11.5 Å². The largest absolute Gasteiger partial charge is 0.508 e. The zero-order valence-electron chi connectivity index (χ0n) is 8.46. The molecule has 0 heterocycles. The van der Waals surface area contributed by atoms with Crippen LogP contribution in [-0.4, -0.2) is 22.9 Å². The minimum Gasteiger partial charge on any atom is -0.508 e. The highest BCUT2D eigenvalue weighted by Crippen LogP contribution is 2.42. The van der Waals surface area contributed by atoms with Crippen LogP contribution in [0.15, 0.2) is 16.6 Å². The number of phenols is 1. The van der Waals surface area contributed by atoms with Gasteiger partial charge in [0.2, 0.25) is 0 Å². The summed E-state index contributed by atoms with van der Waals surface area (Å²) in [5, 5.41) is 19.5. The fourth-order valence-electron chi connectivity index (χ4n) is 1.56. The molecule has 1 aliphatic rings. The van der Waals surface area contributed by atoms with Gasteiger partial charge in [0.1, 0.15) is 11.5 Å². The van der Waals surface area contributed by atoms with Crippen molar-refractivity contribution in [3.63, 3.8) is 0 Å². The molecule has 0 aliphatic heterocycles. The van der Waals surface area contributed by atoms with Crippen molar-refractivity contribution < 1.29 is 14.9 Å². The minimum atomic E-state index is -0.601. The third-order valence-corrected chi connectivity index (χ3v) is 3.32. The molecule has 1 aliphatic carbocycles. The van der Waals surface area contributed by atoms with Crippen LogP contribution in [-0.2, 0) is 6.42 Å². The fourth-order valence-corrected chi connectivity index (χ4v) is 2.05. The quantitative estimate of drug-likeness (QED) is 0.887. The fraction of sp³-hybridized carbons (Fsp3) is 0.455. The van der Waals surface area contributed by atoms with Crippen LogP contribution in [0.1, 0.15) is 18.4 Å². The Balaban J connectivity index is 2.29. The topological polar surface area (TPSA) is 49.7 Å². The molecule has 0 aromatic heterocycles. The van der Waals surface area contributed by atoms with E-state index in [0.717, 1.165) is 18.4 Å². The Kier molecular flexibility index (Phi) is 2.64. The SMILES string of the molecule is COc1cc(CC2(O)CC2)c(O)cc1Br. The van der Waals surface area contributed by atoms with E-state index < -0.39 is 5.60 Å². The van der Waals surface area contributed by atoms with Crippen molar-refractivity contribution >= 4 is 15.9 Å². The van der Waals surface area contributed by atoms with E-state index in [4.69, 9.17) is 4.74 Å². The summed E-state index contributed by atoms with van der Waals surface area (Å²) in [6, 6.07) is 3.36. The number of halogens is 1. The number of ether oxygens (including phenoxy) is 1. The number of benzene rings is 1. The number of aliphatic hydroxyl groups is 1. The van der Waals surface area contributed by atoms with Gasteiger partial charge in [-0.25, -0.2) is 0 Å². The minimum absolute atomic E-state index is 0.197. The summed E-state index contributed by atoms with van der Waals surface area (Å²) in [7, 11) is 1.58. The third-order valence-electron chi connectivity index (χ3n) is 2.70. The summed E-state index contributed by atoms with van der Waals surface area (Å²) in [6.07, 6.45) is 2.11. The molecule has 1 aromatic rings. The Bertz CT molecular complexity index is 386. The van der Waals surface area contributed by atoms with Crippen LogP contribution in [0, 0.1) is 0 Å². The molecule has 0 amide bonds. The molecule has 0 saturated heterocycles. The van der Waals surface area contributed by atoms with Crippen LogP contribution in [0.3, 0.4) is 0 Å². The lowest BCUT2D eigenvalue weighted by molar-refractivity contribution is 0.150. The molecule has 0 bridgehead atoms. The van der Waals surface area contributed by atoms with E-state index >= 15 is 0 Å². The number of hydrogen-bond acceptors (Lipinski definition) is 3. The third kappa shape index (κ3) is 2.26. The van der Waals surface area contributed by atoms with Crippen molar-refractivity contribution in [1.82, 2.24) is 0 Å². The normalized spacial score (nSPS) is 17.5. The first-order chi connectivity index (χ1) is 7.04. The first kappa shape index (κ1) is 10.8. The molecule has 0 unspecified atom stereocenters. The summed E-state index contributed by atoms with van der Waals surface area (Å²) in [4.78, 5) is 0. The van der Waals surface area contributed by atoms with Crippen LogP contribution in [0.25, 0.3) is 0 Å². The standard InChI is InChI=1S/C11H13BrO3/c1-15-10-4-7(6-11(14)2-3-11)9(13)5-8(10)12/h4-5,13-14H,2-3,6H2,1H3. The van der Waals surface area contributed by atoms with Gasteiger partial charge in [0, 0.05) is 12.0 Å². The second-order valence-electron chi connectivity index (χ2n) is 4.02. The Morgan fingerprint density at radius 2 is 2.13 bits per heavy atom. The number of aromatic hydroxyl groups is 1. The lowest BCUT2D eigenvalue weighted by Crippen LogP contribution is -2.10. The molecule has 1 aromatic carbocycles. The van der Waals surface area contributed by atoms with Gasteiger partial charge in [-0.15, -0.1) is 0 Å². The molecule has 2 rings (SSSR count). The van der Waals surface area contributed by atoms with E-state index in [0.29, 0.717) is 16.6 Å². The molecule has 0 spiro atoms. The zero-order chi connectivity index (χ0) is 11.1. The maximum Gasteiger partial charge on any atom is 0.133 e. The van der Waals surface area contributed by atoms with Crippen molar-refractivity contribution in [2.45, 2.75) is 24.9 Å². The van der Waals surface area contributed by atoms with Crippen LogP contribution in [0.4, 0.5) is 0 Å². The van der Waals surface area contributed by atoms with Crippen LogP contribution in [0.2, 0.25) is 0 Å². The van der Waals surface area contributed by atoms with Gasteiger partial charge in [0.05, 0.1) is 17.2 Å². The van der Waals surface area contributed by atoms with Gasteiger partial charge in [-0.3, -0.25) is 0 Å². The van der Waals surface area contributed by atoms with Crippen molar-refractivity contribution in [1.29, 1.82) is 0 Å². The summed E-state index contributed by atoms with van der Waals surface area (Å²) < 4.78 is 5.85. The average Bonchev–Trinajstić information content (AvgIpc) is 2.89. The lowest BCUT2D eigenvalue weighted by atomic mass is 10.1. The number of rotatable bonds is 3. The summed E-state index contributed by atoms with van der Waals surface area (Å²) in [5.74, 6) is 0.870. The molecular formula is C11H13BrO3. The van der Waals surface area contributed by atoms with E-state index in [9.17, 15) is 10.2 Å². The molecular weight excluding hydrogens is 260 g/mol. The van der Waals surface area contributed by atoms with E-state index in [1.807, 2.05) is 0 Å². The highest BCUT2D eigenvalue weighted by atomic mass is 79.9. The van der Waals surface area contributed by atoms with E-state index in [-0.39, 0.29) is 5.75 Å². The van der Waals surface area contributed by atoms with Crippen LogP contribution < -0.4 is 4.74 Å². The number of phenolic OH excluding ortho intramolecular Hbond substituents is 1. The van der Waals surface area contributed by atoms with Gasteiger partial charge in [0.25, 0.3) is 0 Å². The van der Waals surface area contributed by atoms with Crippen LogP contribution >= 0.6 is 15.9 Å². The summed E-state index contributed by atoms with van der Waals surface area (Å²) in [5.41, 5.74) is 0.131. The highest BCUT2D eigenvalue weighted by Gasteiger charge is 2.40. The molecule has 15 heavy (non-hydrogen) atoms. The van der Waals surface area contributed by atoms with Gasteiger partial charge in [-0.1, -0.05) is 0 Å². The second kappa shape index (κ2) is 3.68. The van der Waals surface area contributed by atoms with Crippen molar-refractivity contribution in [2.24, 2.45) is 0 Å². The summed E-state index contributed by atoms with van der Waals surface area (Å²) >= 11 is 3.29. The molecule has 82 valence electrons. The molecule has 1 saturated carbocycles. The van der Waals surface area contributed by atoms with Gasteiger partial charge in [-0.05, 0) is 40.9 Å². The maximum atomic E-state index is 9.78. The average molecular weight is 273 g/mol. The highest BCUT2D eigenvalue weighted by molar-refractivity contribution is 9.10. The Hall–Kier alpha value is -0.740. The summed E-state index contributed by atoms with van der Waals surface area (Å²) in [6.45, 7) is 0. The lowest BCUT2D eigenvalue weighted by Gasteiger charge is -2.12. The van der Waals surface area contributed by atoms with Gasteiger partial charge in [0.15, 0.2) is 0 Å². The second-order valence-corrected chi connectivity index (χ2v) is 4.87. The van der Waals surface area contributed by atoms with E-state index in [1.165, 1.54) is 0 Å². The maximum absolute atomic E-state index is 9.78. The zero-order valence-corrected chi connectivity index (χ0v) is 10.0. The molecule has 0 radical (unpaired) electrons. The molecule has 3 nitrogen and oxygen atoms in total. The Morgan fingerprint density at radius 1 is 1.47 bits per heavy atom. The first-order valence-corrected chi connectivity index (χ1v) is 5.61. The van der Waals surface area contributed by atoms with Crippen molar-refractivity contribution in [2.75, 3.05) is 7.11 Å². The first-order valence-electron chi connectivity index (χ1n) is 4.82. The van der Waals surface area contributed by atoms with Crippen molar-refractivity contribution in [3.05, 3.63) is 22.2 Å². The van der Waals surface area contributed by atoms with E-state index in [2.05, 4.69) is 15.9 Å². The van der Waals surface area contributed by atoms with Gasteiger partial charge in [-0.2, -0.15) is 0 Å². The monoisotopic (exact) mass is 272 g/mol. The smallest absolute Gasteiger partial charge is 0.133 e. The molecule has 0 atom stereocenters. The van der Waals surface area contributed by atoms with Gasteiger partial charge >= 0.3 is 0 Å². The predicted molar refractivity (Wildman–Crippen MR) is 60.2 cm³/mol. The predicted octanol–water partition coefficient (Wildman–Crippen LogP) is 2.23. The van der Waals surface area contributed by atoms with Gasteiger partial charge < -0.3 is 14.9 Å². The molecule has 2 N–H and O–H groups in total. The molecule has 1 fully saturated rings. The number of methoxy groups -OCH3 is 1. The Morgan fingerprint density at radius 3 is 2.67 bits per heavy atom.